The van der Waals surface area contributed by atoms with Crippen molar-refractivity contribution in [1.29, 1.82) is 0 Å². The largest absolute Gasteiger partial charge is 0.348 e. The summed E-state index contributed by atoms with van der Waals surface area (Å²) in [6, 6.07) is 9.34. The number of nitrogens with zero attached hydrogens (tertiary/aromatic N) is 1. The van der Waals surface area contributed by atoms with Gasteiger partial charge >= 0.3 is 0 Å². The molecule has 0 radical (unpaired) electrons. The molecule has 102 valence electrons. The minimum Gasteiger partial charge on any atom is -0.348 e. The van der Waals surface area contributed by atoms with Gasteiger partial charge in [-0.15, -0.1) is 0 Å². The van der Waals surface area contributed by atoms with Crippen molar-refractivity contribution >= 4 is 16.8 Å². The van der Waals surface area contributed by atoms with Gasteiger partial charge in [-0.1, -0.05) is 30.1 Å². The Bertz CT molecular complexity index is 807. The normalized spacial score (nSPS) is 13.0. The number of benzene rings is 1. The SMILES string of the molecule is O=C(NCC1=CC=CC#CC1)c1ccc2ncccc2c1. The summed E-state index contributed by atoms with van der Waals surface area (Å²) in [4.78, 5) is 16.5. The van der Waals surface area contributed by atoms with Crippen molar-refractivity contribution in [3.8, 4) is 11.8 Å². The maximum absolute atomic E-state index is 12.2. The predicted octanol–water partition coefficient (Wildman–Crippen LogP) is 2.85. The molecule has 0 saturated heterocycles. The van der Waals surface area contributed by atoms with Crippen molar-refractivity contribution in [2.75, 3.05) is 6.54 Å². The number of rotatable bonds is 3. The van der Waals surface area contributed by atoms with Crippen molar-refractivity contribution in [3.63, 3.8) is 0 Å². The van der Waals surface area contributed by atoms with Crippen molar-refractivity contribution < 1.29 is 4.79 Å². The lowest BCUT2D eigenvalue weighted by Gasteiger charge is -2.07. The summed E-state index contributed by atoms with van der Waals surface area (Å²) in [6.07, 6.45) is 8.13. The first-order valence-corrected chi connectivity index (χ1v) is 6.79. The highest BCUT2D eigenvalue weighted by molar-refractivity contribution is 5.98. The predicted molar refractivity (Wildman–Crippen MR) is 83.7 cm³/mol. The molecule has 3 rings (SSSR count). The number of nitrogens with one attached hydrogen (secondary N) is 1. The molecule has 0 unspecified atom stereocenters. The van der Waals surface area contributed by atoms with Gasteiger partial charge in [-0.25, -0.2) is 0 Å². The Morgan fingerprint density at radius 3 is 3.24 bits per heavy atom. The highest BCUT2D eigenvalue weighted by Crippen LogP contribution is 2.13. The highest BCUT2D eigenvalue weighted by Gasteiger charge is 2.07. The second-order valence-corrected chi connectivity index (χ2v) is 4.78. The zero-order valence-corrected chi connectivity index (χ0v) is 11.5. The van der Waals surface area contributed by atoms with Gasteiger partial charge in [0.15, 0.2) is 0 Å². The van der Waals surface area contributed by atoms with E-state index in [1.807, 2.05) is 42.5 Å². The smallest absolute Gasteiger partial charge is 0.251 e. The number of allylic oxidation sites excluding steroid dienone is 3. The molecule has 1 aromatic carbocycles. The molecule has 1 aromatic heterocycles. The van der Waals surface area contributed by atoms with Crippen LogP contribution in [0.25, 0.3) is 10.9 Å². The molecule has 0 aliphatic heterocycles. The molecule has 1 amide bonds. The maximum Gasteiger partial charge on any atom is 0.251 e. The van der Waals surface area contributed by atoms with E-state index < -0.39 is 0 Å². The van der Waals surface area contributed by atoms with E-state index in [0.29, 0.717) is 18.5 Å². The van der Waals surface area contributed by atoms with Crippen LogP contribution in [0.2, 0.25) is 0 Å². The zero-order valence-electron chi connectivity index (χ0n) is 11.5. The molecule has 2 aromatic rings. The van der Waals surface area contributed by atoms with Crippen LogP contribution in [0.15, 0.2) is 60.3 Å². The van der Waals surface area contributed by atoms with E-state index in [0.717, 1.165) is 16.5 Å². The third kappa shape index (κ3) is 3.18. The fraction of sp³-hybridized carbons (Fsp3) is 0.111. The maximum atomic E-state index is 12.2. The number of amides is 1. The van der Waals surface area contributed by atoms with Gasteiger partial charge in [0.2, 0.25) is 0 Å². The summed E-state index contributed by atoms with van der Waals surface area (Å²) in [6.45, 7) is 0.517. The number of hydrogen-bond acceptors (Lipinski definition) is 2. The quantitative estimate of drug-likeness (QED) is 0.874. The number of pyridine rings is 1. The lowest BCUT2D eigenvalue weighted by molar-refractivity contribution is 0.0957. The topological polar surface area (TPSA) is 42.0 Å². The second-order valence-electron chi connectivity index (χ2n) is 4.78. The van der Waals surface area contributed by atoms with Gasteiger partial charge in [-0.05, 0) is 35.9 Å². The van der Waals surface area contributed by atoms with Crippen LogP contribution >= 0.6 is 0 Å². The lowest BCUT2D eigenvalue weighted by atomic mass is 10.1. The number of aromatic nitrogens is 1. The van der Waals surface area contributed by atoms with Crippen molar-refractivity contribution in [2.45, 2.75) is 6.42 Å². The lowest BCUT2D eigenvalue weighted by Crippen LogP contribution is -2.25. The van der Waals surface area contributed by atoms with Gasteiger partial charge in [-0.3, -0.25) is 9.78 Å². The Morgan fingerprint density at radius 1 is 1.33 bits per heavy atom. The third-order valence-electron chi connectivity index (χ3n) is 3.27. The van der Waals surface area contributed by atoms with Crippen molar-refractivity contribution in [2.24, 2.45) is 0 Å². The summed E-state index contributed by atoms with van der Waals surface area (Å²) < 4.78 is 0. The standard InChI is InChI=1S/C18H14N2O/c21-18(20-13-14-6-3-1-2-4-7-14)16-9-10-17-15(12-16)8-5-11-19-17/h1,3,5-6,8-12H,7,13H2,(H,20,21). The summed E-state index contributed by atoms with van der Waals surface area (Å²) in [5.41, 5.74) is 2.64. The summed E-state index contributed by atoms with van der Waals surface area (Å²) >= 11 is 0. The monoisotopic (exact) mass is 274 g/mol. The molecule has 0 saturated carbocycles. The molecule has 1 aliphatic carbocycles. The van der Waals surface area contributed by atoms with Gasteiger partial charge in [0.25, 0.3) is 5.91 Å². The van der Waals surface area contributed by atoms with Crippen molar-refractivity contribution in [3.05, 3.63) is 65.9 Å². The molecular formula is C18H14N2O. The van der Waals surface area contributed by atoms with Crippen LogP contribution in [-0.2, 0) is 0 Å². The molecule has 21 heavy (non-hydrogen) atoms. The fourth-order valence-corrected chi connectivity index (χ4v) is 2.15. The first kappa shape index (κ1) is 13.1. The van der Waals surface area contributed by atoms with E-state index in [1.165, 1.54) is 0 Å². The van der Waals surface area contributed by atoms with Crippen molar-refractivity contribution in [1.82, 2.24) is 10.3 Å². The Labute approximate surface area is 123 Å². The van der Waals surface area contributed by atoms with E-state index in [4.69, 9.17) is 0 Å². The Morgan fingerprint density at radius 2 is 2.29 bits per heavy atom. The van der Waals surface area contributed by atoms with Crippen LogP contribution in [0.5, 0.6) is 0 Å². The molecule has 3 nitrogen and oxygen atoms in total. The summed E-state index contributed by atoms with van der Waals surface area (Å²) in [5.74, 6) is 5.85. The molecule has 3 heteroatoms. The van der Waals surface area contributed by atoms with E-state index in [2.05, 4.69) is 22.1 Å². The van der Waals surface area contributed by atoms with Crippen LogP contribution < -0.4 is 5.32 Å². The molecule has 0 fully saturated rings. The van der Waals surface area contributed by atoms with Crippen LogP contribution in [0, 0.1) is 11.8 Å². The molecule has 0 spiro atoms. The molecule has 0 atom stereocenters. The zero-order chi connectivity index (χ0) is 14.5. The Hall–Kier alpha value is -2.86. The third-order valence-corrected chi connectivity index (χ3v) is 3.27. The van der Waals surface area contributed by atoms with E-state index >= 15 is 0 Å². The minimum atomic E-state index is -0.0807. The molecule has 1 heterocycles. The van der Waals surface area contributed by atoms with E-state index in [-0.39, 0.29) is 5.91 Å². The Kier molecular flexibility index (Phi) is 3.79. The summed E-state index contributed by atoms with van der Waals surface area (Å²) in [7, 11) is 0. The Balaban J connectivity index is 1.71. The van der Waals surface area contributed by atoms with Gasteiger partial charge < -0.3 is 5.32 Å². The number of fused-ring (bicyclic) bond motifs is 1. The van der Waals surface area contributed by atoms with E-state index in [1.54, 1.807) is 12.3 Å². The second kappa shape index (κ2) is 6.06. The van der Waals surface area contributed by atoms with Gasteiger partial charge in [0.05, 0.1) is 5.52 Å². The first-order valence-electron chi connectivity index (χ1n) is 6.79. The van der Waals surface area contributed by atoms with Crippen LogP contribution in [0.4, 0.5) is 0 Å². The number of carbonyl (C=O) groups excluding carboxylic acids is 1. The van der Waals surface area contributed by atoms with Gasteiger partial charge in [0.1, 0.15) is 0 Å². The molecule has 1 N–H and O–H groups in total. The van der Waals surface area contributed by atoms with Crippen LogP contribution in [-0.4, -0.2) is 17.4 Å². The van der Waals surface area contributed by atoms with Gasteiger partial charge in [0, 0.05) is 30.1 Å². The molecular weight excluding hydrogens is 260 g/mol. The average Bonchev–Trinajstić information content (AvgIpc) is 2.81. The number of hydrogen-bond donors (Lipinski definition) is 1. The number of carbonyl (C=O) groups is 1. The molecule has 0 bridgehead atoms. The first-order chi connectivity index (χ1) is 10.3. The average molecular weight is 274 g/mol. The van der Waals surface area contributed by atoms with Gasteiger partial charge in [-0.2, -0.15) is 0 Å². The fourth-order valence-electron chi connectivity index (χ4n) is 2.15. The van der Waals surface area contributed by atoms with Crippen LogP contribution in [0.3, 0.4) is 0 Å². The van der Waals surface area contributed by atoms with E-state index in [9.17, 15) is 4.79 Å². The highest BCUT2D eigenvalue weighted by atomic mass is 16.1. The molecule has 1 aliphatic rings. The summed E-state index contributed by atoms with van der Waals surface area (Å²) in [5, 5.41) is 3.90. The van der Waals surface area contributed by atoms with Crippen LogP contribution in [0.1, 0.15) is 16.8 Å². The minimum absolute atomic E-state index is 0.0807.